The van der Waals surface area contributed by atoms with Gasteiger partial charge in [0.2, 0.25) is 10.0 Å². The van der Waals surface area contributed by atoms with Crippen LogP contribution in [0.1, 0.15) is 43.8 Å². The van der Waals surface area contributed by atoms with Gasteiger partial charge in [0.05, 0.1) is 0 Å². The Kier molecular flexibility index (Phi) is 4.01. The molecule has 1 aliphatic heterocycles. The summed E-state index contributed by atoms with van der Waals surface area (Å²) in [6.07, 6.45) is 1.75. The summed E-state index contributed by atoms with van der Waals surface area (Å²) in [5.41, 5.74) is 6.51. The predicted molar refractivity (Wildman–Crippen MR) is 77.8 cm³/mol. The highest BCUT2D eigenvalue weighted by Crippen LogP contribution is 2.35. The number of nitrogens with zero attached hydrogens (tertiary/aromatic N) is 1. The molecular formula is C14H24N2O3S. The van der Waals surface area contributed by atoms with Crippen molar-refractivity contribution in [2.45, 2.75) is 52.0 Å². The first-order valence-electron chi connectivity index (χ1n) is 6.98. The van der Waals surface area contributed by atoms with Crippen LogP contribution in [0.2, 0.25) is 0 Å². The van der Waals surface area contributed by atoms with Crippen LogP contribution in [0.5, 0.6) is 0 Å². The van der Waals surface area contributed by atoms with E-state index in [1.54, 1.807) is 18.2 Å². The highest BCUT2D eigenvalue weighted by molar-refractivity contribution is 7.89. The number of nitrogens with two attached hydrogens (primary N) is 1. The van der Waals surface area contributed by atoms with Crippen LogP contribution in [0.3, 0.4) is 0 Å². The second-order valence-corrected chi connectivity index (χ2v) is 8.17. The molecule has 0 aromatic carbocycles. The molecule has 0 aliphatic carbocycles. The summed E-state index contributed by atoms with van der Waals surface area (Å²) >= 11 is 0. The molecule has 1 aliphatic rings. The van der Waals surface area contributed by atoms with Crippen LogP contribution in [-0.4, -0.2) is 25.8 Å². The maximum Gasteiger partial charge on any atom is 0.246 e. The molecule has 5 nitrogen and oxygen atoms in total. The highest BCUT2D eigenvalue weighted by Gasteiger charge is 2.36. The van der Waals surface area contributed by atoms with Crippen molar-refractivity contribution in [1.29, 1.82) is 0 Å². The third-order valence-electron chi connectivity index (χ3n) is 4.20. The Morgan fingerprint density at radius 3 is 2.25 bits per heavy atom. The fraction of sp³-hybridized carbons (Fsp3) is 0.714. The van der Waals surface area contributed by atoms with Gasteiger partial charge in [-0.05, 0) is 32.1 Å². The summed E-state index contributed by atoms with van der Waals surface area (Å²) in [4.78, 5) is 0.275. The number of rotatable bonds is 3. The first kappa shape index (κ1) is 15.5. The lowest BCUT2D eigenvalue weighted by Gasteiger charge is -2.36. The van der Waals surface area contributed by atoms with E-state index in [0.29, 0.717) is 30.2 Å². The Morgan fingerprint density at radius 1 is 1.20 bits per heavy atom. The molecule has 1 fully saturated rings. The Bertz CT molecular complexity index is 592. The zero-order valence-corrected chi connectivity index (χ0v) is 13.5. The average molecular weight is 300 g/mol. The quantitative estimate of drug-likeness (QED) is 0.928. The van der Waals surface area contributed by atoms with Crippen molar-refractivity contribution in [3.8, 4) is 0 Å². The summed E-state index contributed by atoms with van der Waals surface area (Å²) in [5.74, 6) is 1.04. The molecule has 6 heteroatoms. The first-order chi connectivity index (χ1) is 9.19. The van der Waals surface area contributed by atoms with E-state index in [1.165, 1.54) is 0 Å². The largest absolute Gasteiger partial charge is 0.465 e. The Hall–Kier alpha value is -0.850. The average Bonchev–Trinajstić information content (AvgIpc) is 2.63. The summed E-state index contributed by atoms with van der Waals surface area (Å²) in [7, 11) is -3.51. The smallest absolute Gasteiger partial charge is 0.246 e. The summed E-state index contributed by atoms with van der Waals surface area (Å²) in [5, 5.41) is 0. The topological polar surface area (TPSA) is 76.5 Å². The molecule has 0 radical (unpaired) electrons. The summed E-state index contributed by atoms with van der Waals surface area (Å²) in [6, 6.07) is 0. The molecule has 2 N–H and O–H groups in total. The molecule has 1 saturated heterocycles. The molecule has 0 atom stereocenters. The first-order valence-corrected chi connectivity index (χ1v) is 8.42. The van der Waals surface area contributed by atoms with Crippen LogP contribution in [0, 0.1) is 19.3 Å². The molecule has 0 amide bonds. The highest BCUT2D eigenvalue weighted by atomic mass is 32.2. The summed E-state index contributed by atoms with van der Waals surface area (Å²) < 4.78 is 32.7. The van der Waals surface area contributed by atoms with Crippen molar-refractivity contribution in [3.05, 3.63) is 17.1 Å². The van der Waals surface area contributed by atoms with Crippen molar-refractivity contribution < 1.29 is 12.8 Å². The van der Waals surface area contributed by atoms with Crippen molar-refractivity contribution in [2.24, 2.45) is 11.1 Å². The normalized spacial score (nSPS) is 20.2. The molecule has 1 aromatic rings. The molecule has 20 heavy (non-hydrogen) atoms. The number of piperidine rings is 1. The van der Waals surface area contributed by atoms with Gasteiger partial charge in [-0.3, -0.25) is 0 Å². The van der Waals surface area contributed by atoms with Gasteiger partial charge in [-0.1, -0.05) is 13.8 Å². The minimum absolute atomic E-state index is 0.178. The van der Waals surface area contributed by atoms with Gasteiger partial charge in [-0.2, -0.15) is 4.31 Å². The van der Waals surface area contributed by atoms with Gasteiger partial charge < -0.3 is 10.2 Å². The van der Waals surface area contributed by atoms with Crippen LogP contribution in [0.15, 0.2) is 9.31 Å². The number of hydrogen-bond acceptors (Lipinski definition) is 4. The third-order valence-corrected chi connectivity index (χ3v) is 6.30. The fourth-order valence-corrected chi connectivity index (χ4v) is 4.61. The second kappa shape index (κ2) is 5.16. The molecule has 0 spiro atoms. The maximum atomic E-state index is 12.8. The van der Waals surface area contributed by atoms with Gasteiger partial charge in [-0.15, -0.1) is 0 Å². The number of hydrogen-bond donors (Lipinski definition) is 1. The second-order valence-electron chi connectivity index (χ2n) is 6.29. The van der Waals surface area contributed by atoms with Gasteiger partial charge in [0.15, 0.2) is 0 Å². The zero-order valence-electron chi connectivity index (χ0n) is 12.7. The van der Waals surface area contributed by atoms with Crippen LogP contribution in [0.25, 0.3) is 0 Å². The van der Waals surface area contributed by atoms with Crippen LogP contribution >= 0.6 is 0 Å². The zero-order chi connectivity index (χ0) is 15.1. The third kappa shape index (κ3) is 2.64. The van der Waals surface area contributed by atoms with Crippen LogP contribution < -0.4 is 5.73 Å². The van der Waals surface area contributed by atoms with Crippen molar-refractivity contribution >= 4 is 10.0 Å². The standard InChI is InChI=1S/C14H24N2O3S/c1-10-12(9-15)13(11(2)19-10)20(17,18)16-7-5-14(3,4)6-8-16/h5-9,15H2,1-4H3. The molecule has 2 rings (SSSR count). The van der Waals surface area contributed by atoms with Gasteiger partial charge in [-0.25, -0.2) is 8.42 Å². The number of sulfonamides is 1. The van der Waals surface area contributed by atoms with Gasteiger partial charge >= 0.3 is 0 Å². The van der Waals surface area contributed by atoms with E-state index in [2.05, 4.69) is 13.8 Å². The predicted octanol–water partition coefficient (Wildman–Crippen LogP) is 2.17. The SMILES string of the molecule is Cc1oc(C)c(S(=O)(=O)N2CCC(C)(C)CC2)c1CN. The molecule has 0 unspecified atom stereocenters. The lowest BCUT2D eigenvalue weighted by molar-refractivity contribution is 0.195. The minimum atomic E-state index is -3.51. The Labute approximate surface area is 121 Å². The number of aryl methyl sites for hydroxylation is 2. The number of furan rings is 1. The van der Waals surface area contributed by atoms with Crippen LogP contribution in [-0.2, 0) is 16.6 Å². The monoisotopic (exact) mass is 300 g/mol. The molecule has 0 saturated carbocycles. The summed E-state index contributed by atoms with van der Waals surface area (Å²) in [6.45, 7) is 9.09. The lowest BCUT2D eigenvalue weighted by atomic mass is 9.83. The van der Waals surface area contributed by atoms with E-state index < -0.39 is 10.0 Å². The Balaban J connectivity index is 2.37. The van der Waals surface area contributed by atoms with E-state index in [0.717, 1.165) is 12.8 Å². The molecule has 2 heterocycles. The fourth-order valence-electron chi connectivity index (χ4n) is 2.74. The molecular weight excluding hydrogens is 276 g/mol. The van der Waals surface area contributed by atoms with Gasteiger partial charge in [0.25, 0.3) is 0 Å². The van der Waals surface area contributed by atoms with Crippen molar-refractivity contribution in [2.75, 3.05) is 13.1 Å². The minimum Gasteiger partial charge on any atom is -0.465 e. The van der Waals surface area contributed by atoms with E-state index in [4.69, 9.17) is 10.2 Å². The Morgan fingerprint density at radius 2 is 1.75 bits per heavy atom. The maximum absolute atomic E-state index is 12.8. The van der Waals surface area contributed by atoms with Crippen LogP contribution in [0.4, 0.5) is 0 Å². The molecule has 1 aromatic heterocycles. The lowest BCUT2D eigenvalue weighted by Crippen LogP contribution is -2.41. The van der Waals surface area contributed by atoms with E-state index in [-0.39, 0.29) is 16.9 Å². The van der Waals surface area contributed by atoms with Gasteiger partial charge in [0, 0.05) is 25.2 Å². The molecule has 114 valence electrons. The van der Waals surface area contributed by atoms with Gasteiger partial charge in [0.1, 0.15) is 16.4 Å². The van der Waals surface area contributed by atoms with Crippen molar-refractivity contribution in [1.82, 2.24) is 4.31 Å². The van der Waals surface area contributed by atoms with E-state index in [9.17, 15) is 8.42 Å². The van der Waals surface area contributed by atoms with E-state index in [1.807, 2.05) is 0 Å². The molecule has 0 bridgehead atoms. The van der Waals surface area contributed by atoms with E-state index >= 15 is 0 Å². The van der Waals surface area contributed by atoms with Crippen molar-refractivity contribution in [3.63, 3.8) is 0 Å².